The Hall–Kier alpha value is -2.44. The van der Waals surface area contributed by atoms with Crippen molar-refractivity contribution in [2.24, 2.45) is 0 Å². The molecule has 2 aromatic carbocycles. The maximum absolute atomic E-state index is 12.9. The minimum atomic E-state index is -0.266. The van der Waals surface area contributed by atoms with Gasteiger partial charge in [-0.3, -0.25) is 14.6 Å². The molecule has 150 valence electrons. The van der Waals surface area contributed by atoms with Crippen LogP contribution in [0.25, 0.3) is 0 Å². The molecule has 5 nitrogen and oxygen atoms in total. The number of amides is 1. The molecular formula is C22H28FN3O2. The number of piperazine rings is 1. The number of nitrogens with zero attached hydrogens (tertiary/aromatic N) is 2. The molecule has 1 saturated heterocycles. The van der Waals surface area contributed by atoms with Crippen LogP contribution in [0.1, 0.15) is 18.1 Å². The summed E-state index contributed by atoms with van der Waals surface area (Å²) >= 11 is 0. The summed E-state index contributed by atoms with van der Waals surface area (Å²) in [5, 5.41) is 2.90. The van der Waals surface area contributed by atoms with E-state index in [9.17, 15) is 9.18 Å². The molecule has 0 bridgehead atoms. The first-order chi connectivity index (χ1) is 13.6. The molecule has 1 N–H and O–H groups in total. The molecule has 28 heavy (non-hydrogen) atoms. The van der Waals surface area contributed by atoms with Gasteiger partial charge in [0.05, 0.1) is 13.2 Å². The van der Waals surface area contributed by atoms with Gasteiger partial charge < -0.3 is 10.1 Å². The van der Waals surface area contributed by atoms with E-state index in [0.717, 1.165) is 44.0 Å². The molecule has 0 atom stereocenters. The molecule has 0 saturated carbocycles. The van der Waals surface area contributed by atoms with Gasteiger partial charge in [0.1, 0.15) is 11.6 Å². The quantitative estimate of drug-likeness (QED) is 0.759. The van der Waals surface area contributed by atoms with Crippen molar-refractivity contribution in [1.29, 1.82) is 0 Å². The van der Waals surface area contributed by atoms with E-state index in [-0.39, 0.29) is 11.7 Å². The van der Waals surface area contributed by atoms with Crippen molar-refractivity contribution in [2.75, 3.05) is 39.3 Å². The summed E-state index contributed by atoms with van der Waals surface area (Å²) in [6.45, 7) is 8.04. The lowest BCUT2D eigenvalue weighted by Gasteiger charge is -2.34. The van der Waals surface area contributed by atoms with E-state index in [1.165, 1.54) is 17.7 Å². The van der Waals surface area contributed by atoms with E-state index in [4.69, 9.17) is 4.74 Å². The van der Waals surface area contributed by atoms with Crippen LogP contribution in [0.4, 0.5) is 4.39 Å². The summed E-state index contributed by atoms with van der Waals surface area (Å²) < 4.78 is 18.4. The van der Waals surface area contributed by atoms with Crippen LogP contribution < -0.4 is 10.1 Å². The normalized spacial score (nSPS) is 15.4. The average molecular weight is 385 g/mol. The number of hydrogen-bond donors (Lipinski definition) is 1. The Bertz CT molecular complexity index is 741. The average Bonchev–Trinajstić information content (AvgIpc) is 2.71. The van der Waals surface area contributed by atoms with Crippen LogP contribution >= 0.6 is 0 Å². The molecule has 1 heterocycles. The van der Waals surface area contributed by atoms with Gasteiger partial charge in [0, 0.05) is 39.3 Å². The highest BCUT2D eigenvalue weighted by atomic mass is 19.1. The Morgan fingerprint density at radius 1 is 0.964 bits per heavy atom. The van der Waals surface area contributed by atoms with E-state index in [0.29, 0.717) is 19.7 Å². The smallest absolute Gasteiger partial charge is 0.234 e. The van der Waals surface area contributed by atoms with E-state index >= 15 is 0 Å². The molecule has 1 fully saturated rings. The number of benzene rings is 2. The standard InChI is InChI=1S/C22H28FN3O2/c1-2-28-21-9-5-19(6-10-21)16-25-11-13-26(14-12-25)17-22(27)24-15-18-3-7-20(23)8-4-18/h3-10H,2,11-17H2,1H3,(H,24,27). The van der Waals surface area contributed by atoms with Crippen molar-refractivity contribution in [1.82, 2.24) is 15.1 Å². The van der Waals surface area contributed by atoms with Crippen LogP contribution in [0.2, 0.25) is 0 Å². The second-order valence-corrected chi connectivity index (χ2v) is 7.03. The van der Waals surface area contributed by atoms with Crippen LogP contribution in [0, 0.1) is 5.82 Å². The van der Waals surface area contributed by atoms with Crippen molar-refractivity contribution < 1.29 is 13.9 Å². The Kier molecular flexibility index (Phi) is 7.39. The summed E-state index contributed by atoms with van der Waals surface area (Å²) in [7, 11) is 0. The van der Waals surface area contributed by atoms with E-state index in [1.807, 2.05) is 19.1 Å². The second-order valence-electron chi connectivity index (χ2n) is 7.03. The monoisotopic (exact) mass is 385 g/mol. The third kappa shape index (κ3) is 6.32. The molecule has 0 unspecified atom stereocenters. The Morgan fingerprint density at radius 3 is 2.21 bits per heavy atom. The SMILES string of the molecule is CCOc1ccc(CN2CCN(CC(=O)NCc3ccc(F)cc3)CC2)cc1. The third-order valence-corrected chi connectivity index (χ3v) is 4.88. The number of hydrogen-bond acceptors (Lipinski definition) is 4. The number of halogens is 1. The maximum Gasteiger partial charge on any atom is 0.234 e. The van der Waals surface area contributed by atoms with Gasteiger partial charge in [-0.15, -0.1) is 0 Å². The summed E-state index contributed by atoms with van der Waals surface area (Å²) in [4.78, 5) is 16.7. The fourth-order valence-corrected chi connectivity index (χ4v) is 3.28. The van der Waals surface area contributed by atoms with Crippen LogP contribution in [0.3, 0.4) is 0 Å². The fourth-order valence-electron chi connectivity index (χ4n) is 3.28. The second kappa shape index (κ2) is 10.2. The lowest BCUT2D eigenvalue weighted by molar-refractivity contribution is -0.122. The van der Waals surface area contributed by atoms with Crippen molar-refractivity contribution in [3.63, 3.8) is 0 Å². The minimum absolute atomic E-state index is 0.00397. The Morgan fingerprint density at radius 2 is 1.57 bits per heavy atom. The number of ether oxygens (including phenoxy) is 1. The van der Waals surface area contributed by atoms with Crippen LogP contribution in [0.15, 0.2) is 48.5 Å². The van der Waals surface area contributed by atoms with Crippen molar-refractivity contribution in [3.05, 3.63) is 65.5 Å². The molecule has 3 rings (SSSR count). The van der Waals surface area contributed by atoms with Crippen molar-refractivity contribution in [3.8, 4) is 5.75 Å². The third-order valence-electron chi connectivity index (χ3n) is 4.88. The van der Waals surface area contributed by atoms with Crippen molar-refractivity contribution >= 4 is 5.91 Å². The highest BCUT2D eigenvalue weighted by Gasteiger charge is 2.19. The first-order valence-electron chi connectivity index (χ1n) is 9.80. The molecule has 6 heteroatoms. The highest BCUT2D eigenvalue weighted by molar-refractivity contribution is 5.78. The van der Waals surface area contributed by atoms with Gasteiger partial charge >= 0.3 is 0 Å². The van der Waals surface area contributed by atoms with E-state index in [1.54, 1.807) is 12.1 Å². The molecule has 2 aromatic rings. The Balaban J connectivity index is 1.36. The molecule has 1 aliphatic heterocycles. The van der Waals surface area contributed by atoms with Gasteiger partial charge in [0.25, 0.3) is 0 Å². The minimum Gasteiger partial charge on any atom is -0.494 e. The van der Waals surface area contributed by atoms with E-state index in [2.05, 4.69) is 27.2 Å². The summed E-state index contributed by atoms with van der Waals surface area (Å²) in [6.07, 6.45) is 0. The summed E-state index contributed by atoms with van der Waals surface area (Å²) in [6, 6.07) is 14.4. The predicted molar refractivity (Wildman–Crippen MR) is 108 cm³/mol. The number of nitrogens with one attached hydrogen (secondary N) is 1. The molecular weight excluding hydrogens is 357 g/mol. The van der Waals surface area contributed by atoms with Gasteiger partial charge in [-0.25, -0.2) is 4.39 Å². The van der Waals surface area contributed by atoms with Gasteiger partial charge in [-0.2, -0.15) is 0 Å². The Labute approximate surface area is 166 Å². The predicted octanol–water partition coefficient (Wildman–Crippen LogP) is 2.66. The number of rotatable bonds is 8. The zero-order valence-electron chi connectivity index (χ0n) is 16.4. The first-order valence-corrected chi connectivity index (χ1v) is 9.80. The fraction of sp³-hybridized carbons (Fsp3) is 0.409. The molecule has 0 radical (unpaired) electrons. The van der Waals surface area contributed by atoms with Gasteiger partial charge in [0.15, 0.2) is 0 Å². The van der Waals surface area contributed by atoms with E-state index < -0.39 is 0 Å². The molecule has 0 aromatic heterocycles. The number of carbonyl (C=O) groups is 1. The molecule has 1 aliphatic rings. The van der Waals surface area contributed by atoms with Gasteiger partial charge in [-0.1, -0.05) is 24.3 Å². The zero-order chi connectivity index (χ0) is 19.8. The highest BCUT2D eigenvalue weighted by Crippen LogP contribution is 2.14. The lowest BCUT2D eigenvalue weighted by Crippen LogP contribution is -2.49. The molecule has 0 aliphatic carbocycles. The lowest BCUT2D eigenvalue weighted by atomic mass is 10.2. The molecule has 0 spiro atoms. The van der Waals surface area contributed by atoms with Crippen LogP contribution in [0.5, 0.6) is 5.75 Å². The molecule has 1 amide bonds. The topological polar surface area (TPSA) is 44.8 Å². The largest absolute Gasteiger partial charge is 0.494 e. The van der Waals surface area contributed by atoms with Crippen LogP contribution in [-0.2, 0) is 17.9 Å². The first kappa shape index (κ1) is 20.3. The van der Waals surface area contributed by atoms with Gasteiger partial charge in [-0.05, 0) is 42.3 Å². The van der Waals surface area contributed by atoms with Crippen LogP contribution in [-0.4, -0.2) is 55.0 Å². The zero-order valence-corrected chi connectivity index (χ0v) is 16.4. The number of carbonyl (C=O) groups excluding carboxylic acids is 1. The maximum atomic E-state index is 12.9. The summed E-state index contributed by atoms with van der Waals surface area (Å²) in [5.74, 6) is 0.644. The summed E-state index contributed by atoms with van der Waals surface area (Å²) in [5.41, 5.74) is 2.17. The van der Waals surface area contributed by atoms with Gasteiger partial charge in [0.2, 0.25) is 5.91 Å². The van der Waals surface area contributed by atoms with Crippen molar-refractivity contribution in [2.45, 2.75) is 20.0 Å².